The van der Waals surface area contributed by atoms with Gasteiger partial charge < -0.3 is 14.4 Å². The Bertz CT molecular complexity index is 962. The van der Waals surface area contributed by atoms with E-state index in [1.165, 1.54) is 16.7 Å². The summed E-state index contributed by atoms with van der Waals surface area (Å²) in [5.74, 6) is 1.67. The fraction of sp³-hybridized carbons (Fsp3) is 0.269. The Balaban J connectivity index is 1.55. The van der Waals surface area contributed by atoms with Gasteiger partial charge in [0.2, 0.25) is 5.91 Å². The molecule has 30 heavy (non-hydrogen) atoms. The van der Waals surface area contributed by atoms with Gasteiger partial charge in [-0.05, 0) is 40.8 Å². The molecule has 3 aromatic rings. The van der Waals surface area contributed by atoms with Crippen LogP contribution in [0.5, 0.6) is 11.5 Å². The summed E-state index contributed by atoms with van der Waals surface area (Å²) in [4.78, 5) is 15.3. The zero-order chi connectivity index (χ0) is 20.9. The maximum absolute atomic E-state index is 13.3. The zero-order valence-electron chi connectivity index (χ0n) is 17.5. The number of methoxy groups -OCH3 is 2. The van der Waals surface area contributed by atoms with Crippen molar-refractivity contribution >= 4 is 5.91 Å². The van der Waals surface area contributed by atoms with Crippen LogP contribution in [0.4, 0.5) is 0 Å². The Morgan fingerprint density at radius 3 is 1.93 bits per heavy atom. The molecule has 4 rings (SSSR count). The van der Waals surface area contributed by atoms with Crippen LogP contribution in [0, 0.1) is 0 Å². The smallest absolute Gasteiger partial charge is 0.223 e. The quantitative estimate of drug-likeness (QED) is 0.595. The molecule has 0 fully saturated rings. The second kappa shape index (κ2) is 9.04. The Labute approximate surface area is 178 Å². The molecular formula is C26H27NO3. The molecule has 0 bridgehead atoms. The molecule has 1 aliphatic heterocycles. The van der Waals surface area contributed by atoms with E-state index in [1.54, 1.807) is 14.2 Å². The van der Waals surface area contributed by atoms with E-state index in [-0.39, 0.29) is 11.8 Å². The van der Waals surface area contributed by atoms with E-state index in [0.29, 0.717) is 18.7 Å². The summed E-state index contributed by atoms with van der Waals surface area (Å²) in [5.41, 5.74) is 4.68. The van der Waals surface area contributed by atoms with Crippen LogP contribution in [0.15, 0.2) is 72.8 Å². The number of carbonyl (C=O) groups is 1. The highest BCUT2D eigenvalue weighted by Gasteiger charge is 2.26. The van der Waals surface area contributed by atoms with E-state index in [2.05, 4.69) is 24.3 Å². The average molecular weight is 402 g/mol. The first-order chi connectivity index (χ1) is 14.7. The molecule has 1 aliphatic rings. The van der Waals surface area contributed by atoms with Gasteiger partial charge in [0.15, 0.2) is 11.5 Å². The summed E-state index contributed by atoms with van der Waals surface area (Å²) in [7, 11) is 3.29. The fourth-order valence-corrected chi connectivity index (χ4v) is 4.20. The third-order valence-corrected chi connectivity index (χ3v) is 5.85. The minimum absolute atomic E-state index is 0.0479. The number of fused-ring (bicyclic) bond motifs is 1. The molecule has 0 saturated carbocycles. The van der Waals surface area contributed by atoms with Crippen LogP contribution >= 0.6 is 0 Å². The highest BCUT2D eigenvalue weighted by atomic mass is 16.5. The molecule has 0 unspecified atom stereocenters. The number of hydrogen-bond acceptors (Lipinski definition) is 3. The maximum atomic E-state index is 13.3. The second-order valence-electron chi connectivity index (χ2n) is 7.62. The molecule has 1 heterocycles. The molecule has 4 nitrogen and oxygen atoms in total. The number of carbonyl (C=O) groups excluding carboxylic acids is 1. The molecule has 3 aromatic carbocycles. The second-order valence-corrected chi connectivity index (χ2v) is 7.62. The first-order valence-electron chi connectivity index (χ1n) is 10.3. The number of benzene rings is 3. The fourth-order valence-electron chi connectivity index (χ4n) is 4.20. The van der Waals surface area contributed by atoms with E-state index >= 15 is 0 Å². The summed E-state index contributed by atoms with van der Waals surface area (Å²) in [6.45, 7) is 1.32. The van der Waals surface area contributed by atoms with Gasteiger partial charge in [0.1, 0.15) is 0 Å². The van der Waals surface area contributed by atoms with Crippen LogP contribution < -0.4 is 9.47 Å². The molecule has 0 atom stereocenters. The lowest BCUT2D eigenvalue weighted by molar-refractivity contribution is -0.132. The van der Waals surface area contributed by atoms with Crippen LogP contribution in [-0.4, -0.2) is 31.6 Å². The van der Waals surface area contributed by atoms with Gasteiger partial charge in [0.05, 0.1) is 14.2 Å². The van der Waals surface area contributed by atoms with Crippen LogP contribution in [0.25, 0.3) is 0 Å². The van der Waals surface area contributed by atoms with Crippen molar-refractivity contribution in [3.63, 3.8) is 0 Å². The molecule has 0 N–H and O–H groups in total. The Morgan fingerprint density at radius 1 is 0.867 bits per heavy atom. The van der Waals surface area contributed by atoms with E-state index in [4.69, 9.17) is 9.47 Å². The van der Waals surface area contributed by atoms with Gasteiger partial charge >= 0.3 is 0 Å². The van der Waals surface area contributed by atoms with E-state index < -0.39 is 0 Å². The van der Waals surface area contributed by atoms with Gasteiger partial charge in [0.25, 0.3) is 0 Å². The number of amides is 1. The van der Waals surface area contributed by atoms with Crippen LogP contribution in [0.2, 0.25) is 0 Å². The monoisotopic (exact) mass is 401 g/mol. The molecule has 154 valence electrons. The largest absolute Gasteiger partial charge is 0.493 e. The summed E-state index contributed by atoms with van der Waals surface area (Å²) in [6.07, 6.45) is 1.28. The first kappa shape index (κ1) is 20.0. The molecule has 4 heteroatoms. The molecular weight excluding hydrogens is 374 g/mol. The molecule has 0 aliphatic carbocycles. The summed E-state index contributed by atoms with van der Waals surface area (Å²) >= 11 is 0. The lowest BCUT2D eigenvalue weighted by Crippen LogP contribution is -2.36. The van der Waals surface area contributed by atoms with E-state index in [1.807, 2.05) is 53.4 Å². The average Bonchev–Trinajstić information content (AvgIpc) is 2.82. The third kappa shape index (κ3) is 4.18. The minimum atomic E-state index is 0.0479. The van der Waals surface area contributed by atoms with E-state index in [9.17, 15) is 4.79 Å². The molecule has 0 aromatic heterocycles. The number of nitrogens with zero attached hydrogens (tertiary/aromatic N) is 1. The van der Waals surface area contributed by atoms with Crippen LogP contribution in [-0.2, 0) is 17.8 Å². The predicted molar refractivity (Wildman–Crippen MR) is 118 cm³/mol. The number of rotatable bonds is 6. The van der Waals surface area contributed by atoms with Gasteiger partial charge in [-0.25, -0.2) is 0 Å². The first-order valence-corrected chi connectivity index (χ1v) is 10.3. The highest BCUT2D eigenvalue weighted by molar-refractivity contribution is 5.78. The van der Waals surface area contributed by atoms with Gasteiger partial charge in [-0.3, -0.25) is 4.79 Å². The number of hydrogen-bond donors (Lipinski definition) is 0. The zero-order valence-corrected chi connectivity index (χ0v) is 17.5. The normalized spacial score (nSPS) is 13.1. The van der Waals surface area contributed by atoms with Gasteiger partial charge in [-0.1, -0.05) is 60.7 Å². The lowest BCUT2D eigenvalue weighted by atomic mass is 9.87. The molecule has 0 radical (unpaired) electrons. The van der Waals surface area contributed by atoms with Crippen molar-refractivity contribution in [1.29, 1.82) is 0 Å². The minimum Gasteiger partial charge on any atom is -0.493 e. The Kier molecular flexibility index (Phi) is 6.03. The van der Waals surface area contributed by atoms with Crippen molar-refractivity contribution < 1.29 is 14.3 Å². The molecule has 1 amide bonds. The van der Waals surface area contributed by atoms with Crippen LogP contribution in [0.1, 0.15) is 34.6 Å². The van der Waals surface area contributed by atoms with Crippen molar-refractivity contribution in [3.8, 4) is 11.5 Å². The summed E-state index contributed by atoms with van der Waals surface area (Å²) < 4.78 is 10.9. The van der Waals surface area contributed by atoms with Gasteiger partial charge in [-0.2, -0.15) is 0 Å². The van der Waals surface area contributed by atoms with Gasteiger partial charge in [-0.15, -0.1) is 0 Å². The van der Waals surface area contributed by atoms with Crippen LogP contribution in [0.3, 0.4) is 0 Å². The highest BCUT2D eigenvalue weighted by Crippen LogP contribution is 2.34. The van der Waals surface area contributed by atoms with E-state index in [0.717, 1.165) is 24.3 Å². The van der Waals surface area contributed by atoms with Crippen molar-refractivity contribution in [3.05, 3.63) is 95.1 Å². The van der Waals surface area contributed by atoms with Crippen molar-refractivity contribution in [1.82, 2.24) is 4.90 Å². The Morgan fingerprint density at radius 2 is 1.40 bits per heavy atom. The summed E-state index contributed by atoms with van der Waals surface area (Å²) in [5, 5.41) is 0. The Hall–Kier alpha value is -3.27. The maximum Gasteiger partial charge on any atom is 0.223 e. The van der Waals surface area contributed by atoms with Gasteiger partial charge in [0, 0.05) is 25.4 Å². The third-order valence-electron chi connectivity index (χ3n) is 5.85. The SMILES string of the molecule is COc1cc2c(cc1OC)CN(C(=O)CC(c1ccccc1)c1ccccc1)CC2. The van der Waals surface area contributed by atoms with Crippen molar-refractivity contribution in [2.45, 2.75) is 25.3 Å². The summed E-state index contributed by atoms with van der Waals surface area (Å²) in [6, 6.07) is 24.6. The lowest BCUT2D eigenvalue weighted by Gasteiger charge is -2.31. The topological polar surface area (TPSA) is 38.8 Å². The standard InChI is InChI=1S/C26H27NO3/c1-29-24-15-21-13-14-27(18-22(21)16-25(24)30-2)26(28)17-23(19-9-5-3-6-10-19)20-11-7-4-8-12-20/h3-12,15-16,23H,13-14,17-18H2,1-2H3. The van der Waals surface area contributed by atoms with Crippen molar-refractivity contribution in [2.24, 2.45) is 0 Å². The molecule has 0 saturated heterocycles. The molecule has 0 spiro atoms. The number of ether oxygens (including phenoxy) is 2. The van der Waals surface area contributed by atoms with Crippen molar-refractivity contribution in [2.75, 3.05) is 20.8 Å². The predicted octanol–water partition coefficient (Wildman–Crippen LogP) is 4.81.